The maximum Gasteiger partial charge on any atom is 0.255 e. The average Bonchev–Trinajstić information content (AvgIpc) is 2.83. The highest BCUT2D eigenvalue weighted by molar-refractivity contribution is 6.04. The first kappa shape index (κ1) is 21.1. The van der Waals surface area contributed by atoms with Crippen LogP contribution in [-0.2, 0) is 6.42 Å². The quantitative estimate of drug-likeness (QED) is 0.497. The molecule has 0 heterocycles. The summed E-state index contributed by atoms with van der Waals surface area (Å²) < 4.78 is 0. The maximum atomic E-state index is 12.7. The number of likely N-dealkylation sites (N-methyl/N-ethyl adjacent to an activating group) is 1. The molecule has 3 aromatic carbocycles. The highest BCUT2D eigenvalue weighted by atomic mass is 16.1. The first-order valence-electron chi connectivity index (χ1n) is 11.2. The monoisotopic (exact) mass is 410 g/mol. The number of amides is 1. The first-order chi connectivity index (χ1) is 15.2. The zero-order chi connectivity index (χ0) is 21.6. The number of hydrogen-bond donors (Lipinski definition) is 1. The summed E-state index contributed by atoms with van der Waals surface area (Å²) in [6.45, 7) is 7.63. The summed E-state index contributed by atoms with van der Waals surface area (Å²) in [6.07, 6.45) is 4.44. The fourth-order valence-corrected chi connectivity index (χ4v) is 4.14. The molecule has 4 rings (SSSR count). The zero-order valence-corrected chi connectivity index (χ0v) is 18.4. The van der Waals surface area contributed by atoms with Crippen LogP contribution in [0, 0.1) is 0 Å². The van der Waals surface area contributed by atoms with E-state index < -0.39 is 0 Å². The van der Waals surface area contributed by atoms with E-state index in [1.165, 1.54) is 16.7 Å². The van der Waals surface area contributed by atoms with Crippen molar-refractivity contribution in [3.05, 3.63) is 95.1 Å². The van der Waals surface area contributed by atoms with E-state index in [1.54, 1.807) is 0 Å². The Kier molecular flexibility index (Phi) is 6.63. The largest absolute Gasteiger partial charge is 0.322 e. The molecule has 3 nitrogen and oxygen atoms in total. The molecule has 3 heteroatoms. The number of aryl methyl sites for hydroxylation is 1. The van der Waals surface area contributed by atoms with Crippen molar-refractivity contribution in [3.8, 4) is 11.1 Å². The van der Waals surface area contributed by atoms with Gasteiger partial charge in [0.1, 0.15) is 0 Å². The van der Waals surface area contributed by atoms with Crippen molar-refractivity contribution in [2.75, 3.05) is 25.0 Å². The number of hydrogen-bond acceptors (Lipinski definition) is 2. The van der Waals surface area contributed by atoms with E-state index in [0.29, 0.717) is 5.56 Å². The van der Waals surface area contributed by atoms with Gasteiger partial charge in [0.2, 0.25) is 0 Å². The first-order valence-corrected chi connectivity index (χ1v) is 11.2. The average molecular weight is 411 g/mol. The van der Waals surface area contributed by atoms with Crippen LogP contribution in [0.5, 0.6) is 0 Å². The highest BCUT2D eigenvalue weighted by Gasteiger charge is 2.14. The molecule has 1 aliphatic carbocycles. The number of benzene rings is 3. The zero-order valence-electron chi connectivity index (χ0n) is 18.4. The van der Waals surface area contributed by atoms with Crippen LogP contribution in [0.15, 0.2) is 78.4 Å². The molecule has 0 saturated carbocycles. The third-order valence-electron chi connectivity index (χ3n) is 6.05. The summed E-state index contributed by atoms with van der Waals surface area (Å²) in [5.74, 6) is -0.0758. The molecular weight excluding hydrogens is 380 g/mol. The van der Waals surface area contributed by atoms with Crippen LogP contribution < -0.4 is 5.32 Å². The van der Waals surface area contributed by atoms with Crippen LogP contribution in [0.25, 0.3) is 17.2 Å². The van der Waals surface area contributed by atoms with Crippen molar-refractivity contribution in [3.63, 3.8) is 0 Å². The second kappa shape index (κ2) is 9.76. The van der Waals surface area contributed by atoms with Crippen molar-refractivity contribution in [1.82, 2.24) is 4.90 Å². The van der Waals surface area contributed by atoms with E-state index in [-0.39, 0.29) is 5.91 Å². The molecule has 1 aliphatic rings. The normalized spacial score (nSPS) is 12.9. The molecule has 0 spiro atoms. The minimum atomic E-state index is -0.0758. The van der Waals surface area contributed by atoms with Crippen molar-refractivity contribution in [2.24, 2.45) is 0 Å². The van der Waals surface area contributed by atoms with Crippen molar-refractivity contribution < 1.29 is 4.79 Å². The minimum absolute atomic E-state index is 0.0758. The van der Waals surface area contributed by atoms with Gasteiger partial charge in [0.25, 0.3) is 5.91 Å². The molecule has 0 unspecified atom stereocenters. The van der Waals surface area contributed by atoms with Gasteiger partial charge in [0.15, 0.2) is 0 Å². The maximum absolute atomic E-state index is 12.7. The van der Waals surface area contributed by atoms with E-state index in [9.17, 15) is 4.79 Å². The Hall–Kier alpha value is -3.17. The van der Waals surface area contributed by atoms with Gasteiger partial charge in [-0.3, -0.25) is 9.69 Å². The van der Waals surface area contributed by atoms with Gasteiger partial charge in [-0.2, -0.15) is 0 Å². The summed E-state index contributed by atoms with van der Waals surface area (Å²) in [5.41, 5.74) is 7.86. The topological polar surface area (TPSA) is 32.3 Å². The Labute approximate surface area is 185 Å². The van der Waals surface area contributed by atoms with Gasteiger partial charge in [-0.15, -0.1) is 0 Å². The van der Waals surface area contributed by atoms with Gasteiger partial charge in [-0.25, -0.2) is 0 Å². The summed E-state index contributed by atoms with van der Waals surface area (Å²) in [7, 11) is 0. The predicted octanol–water partition coefficient (Wildman–Crippen LogP) is 6.28. The van der Waals surface area contributed by atoms with E-state index in [4.69, 9.17) is 0 Å². The van der Waals surface area contributed by atoms with Crippen molar-refractivity contribution in [1.29, 1.82) is 0 Å². The number of fused-ring (bicyclic) bond motifs is 1. The Bertz CT molecular complexity index is 1060. The number of rotatable bonds is 7. The lowest BCUT2D eigenvalue weighted by atomic mass is 9.91. The molecule has 0 aliphatic heterocycles. The molecule has 0 radical (unpaired) electrons. The highest BCUT2D eigenvalue weighted by Crippen LogP contribution is 2.27. The van der Waals surface area contributed by atoms with Gasteiger partial charge in [-0.1, -0.05) is 74.0 Å². The molecule has 0 aromatic heterocycles. The van der Waals surface area contributed by atoms with Crippen LogP contribution in [0.2, 0.25) is 0 Å². The van der Waals surface area contributed by atoms with E-state index in [1.807, 2.05) is 48.5 Å². The summed E-state index contributed by atoms with van der Waals surface area (Å²) in [5, 5.41) is 3.06. The van der Waals surface area contributed by atoms with Gasteiger partial charge in [0.05, 0.1) is 0 Å². The van der Waals surface area contributed by atoms with E-state index in [0.717, 1.165) is 49.3 Å². The minimum Gasteiger partial charge on any atom is -0.322 e. The Balaban J connectivity index is 1.43. The molecule has 3 aromatic rings. The molecule has 31 heavy (non-hydrogen) atoms. The molecule has 158 valence electrons. The molecule has 1 N–H and O–H groups in total. The van der Waals surface area contributed by atoms with E-state index >= 15 is 0 Å². The van der Waals surface area contributed by atoms with Gasteiger partial charge in [0, 0.05) is 17.8 Å². The Morgan fingerprint density at radius 3 is 2.29 bits per heavy atom. The third-order valence-corrected chi connectivity index (χ3v) is 6.05. The fraction of sp³-hybridized carbons (Fsp3) is 0.250. The van der Waals surface area contributed by atoms with Crippen LogP contribution in [-0.4, -0.2) is 30.4 Å². The van der Waals surface area contributed by atoms with Crippen molar-refractivity contribution in [2.45, 2.75) is 26.7 Å². The van der Waals surface area contributed by atoms with Crippen LogP contribution in [0.1, 0.15) is 41.8 Å². The number of nitrogens with one attached hydrogen (secondary N) is 1. The third kappa shape index (κ3) is 5.12. The fourth-order valence-electron chi connectivity index (χ4n) is 4.14. The SMILES string of the molecule is CCN(CC)CC1=Cc2ccc(NC(=O)c3ccc(-c4ccccc4)cc3)cc2CC1. The molecular formula is C28H30N2O. The second-order valence-corrected chi connectivity index (χ2v) is 8.08. The van der Waals surface area contributed by atoms with Gasteiger partial charge in [-0.05, 0) is 72.5 Å². The standard InChI is InChI=1S/C28H30N2O/c1-3-30(4-2)20-21-10-11-26-19-27(17-16-25(26)18-21)29-28(31)24-14-12-23(13-15-24)22-8-6-5-7-9-22/h5-9,12-19H,3-4,10-11,20H2,1-2H3,(H,29,31). The Morgan fingerprint density at radius 1 is 0.871 bits per heavy atom. The summed E-state index contributed by atoms with van der Waals surface area (Å²) >= 11 is 0. The summed E-state index contributed by atoms with van der Waals surface area (Å²) in [6, 6.07) is 24.2. The van der Waals surface area contributed by atoms with Gasteiger partial charge >= 0.3 is 0 Å². The second-order valence-electron chi connectivity index (χ2n) is 8.08. The smallest absolute Gasteiger partial charge is 0.255 e. The molecule has 0 bridgehead atoms. The molecule has 1 amide bonds. The predicted molar refractivity (Wildman–Crippen MR) is 130 cm³/mol. The molecule has 0 atom stereocenters. The molecule has 0 fully saturated rings. The lowest BCUT2D eigenvalue weighted by Crippen LogP contribution is -2.26. The number of carbonyl (C=O) groups is 1. The molecule has 0 saturated heterocycles. The number of anilines is 1. The number of carbonyl (C=O) groups excluding carboxylic acids is 1. The van der Waals surface area contributed by atoms with Gasteiger partial charge < -0.3 is 5.32 Å². The van der Waals surface area contributed by atoms with Crippen LogP contribution >= 0.6 is 0 Å². The Morgan fingerprint density at radius 2 is 1.58 bits per heavy atom. The lowest BCUT2D eigenvalue weighted by molar-refractivity contribution is 0.102. The van der Waals surface area contributed by atoms with E-state index in [2.05, 4.69) is 54.4 Å². The van der Waals surface area contributed by atoms with Crippen LogP contribution in [0.3, 0.4) is 0 Å². The summed E-state index contributed by atoms with van der Waals surface area (Å²) in [4.78, 5) is 15.2. The number of nitrogens with zero attached hydrogens (tertiary/aromatic N) is 1. The van der Waals surface area contributed by atoms with Crippen LogP contribution in [0.4, 0.5) is 5.69 Å². The lowest BCUT2D eigenvalue weighted by Gasteiger charge is -2.23. The van der Waals surface area contributed by atoms with Crippen molar-refractivity contribution >= 4 is 17.7 Å².